The summed E-state index contributed by atoms with van der Waals surface area (Å²) in [4.78, 5) is 29.2. The third kappa shape index (κ3) is 4.20. The fourth-order valence-corrected chi connectivity index (χ4v) is 5.28. The van der Waals surface area contributed by atoms with Crippen LogP contribution < -0.4 is 15.0 Å². The molecule has 0 saturated carbocycles. The van der Waals surface area contributed by atoms with Crippen molar-refractivity contribution in [2.45, 2.75) is 52.1 Å². The molecule has 7 heteroatoms. The molecule has 1 saturated heterocycles. The van der Waals surface area contributed by atoms with Gasteiger partial charge in [0.15, 0.2) is 0 Å². The number of hydrogen-bond acceptors (Lipinski definition) is 4. The number of rotatable bonds is 5. The van der Waals surface area contributed by atoms with Crippen LogP contribution >= 0.6 is 11.6 Å². The molecule has 1 atom stereocenters. The van der Waals surface area contributed by atoms with E-state index in [1.54, 1.807) is 25.3 Å². The summed E-state index contributed by atoms with van der Waals surface area (Å²) in [5.74, 6) is 0.631. The summed E-state index contributed by atoms with van der Waals surface area (Å²) in [5, 5.41) is 3.22. The normalized spacial score (nSPS) is 20.8. The largest absolute Gasteiger partial charge is 0.496 e. The predicted molar refractivity (Wildman–Crippen MR) is 132 cm³/mol. The molecule has 4 rings (SSSR count). The van der Waals surface area contributed by atoms with E-state index in [1.165, 1.54) is 10.5 Å². The van der Waals surface area contributed by atoms with Crippen LogP contribution in [0.15, 0.2) is 42.1 Å². The van der Waals surface area contributed by atoms with Gasteiger partial charge in [0.2, 0.25) is 0 Å². The van der Waals surface area contributed by atoms with Crippen molar-refractivity contribution in [3.05, 3.63) is 63.8 Å². The lowest BCUT2D eigenvalue weighted by Crippen LogP contribution is -2.48. The fourth-order valence-electron chi connectivity index (χ4n) is 5.08. The van der Waals surface area contributed by atoms with Gasteiger partial charge >= 0.3 is 6.03 Å². The second kappa shape index (κ2) is 8.75. The summed E-state index contributed by atoms with van der Waals surface area (Å²) in [6, 6.07) is 10.9. The Morgan fingerprint density at radius 1 is 1.24 bits per heavy atom. The highest BCUT2D eigenvalue weighted by Crippen LogP contribution is 2.46. The maximum atomic E-state index is 13.1. The first-order valence-electron chi connectivity index (χ1n) is 11.2. The average molecular weight is 468 g/mol. The number of nitrogens with one attached hydrogen (secondary N) is 1. The number of fused-ring (bicyclic) bond motifs is 1. The predicted octanol–water partition coefficient (Wildman–Crippen LogP) is 5.55. The van der Waals surface area contributed by atoms with E-state index in [0.29, 0.717) is 22.3 Å². The minimum atomic E-state index is -0.463. The van der Waals surface area contributed by atoms with Gasteiger partial charge in [-0.3, -0.25) is 9.69 Å². The summed E-state index contributed by atoms with van der Waals surface area (Å²) in [6.07, 6.45) is 2.73. The van der Waals surface area contributed by atoms with E-state index < -0.39 is 6.03 Å². The molecule has 0 aromatic heterocycles. The number of nitrogens with zero attached hydrogens (tertiary/aromatic N) is 2. The van der Waals surface area contributed by atoms with Crippen LogP contribution in [0.2, 0.25) is 5.02 Å². The second-order valence-electron chi connectivity index (χ2n) is 9.29. The molecule has 6 nitrogen and oxygen atoms in total. The lowest BCUT2D eigenvalue weighted by atomic mass is 9.79. The summed E-state index contributed by atoms with van der Waals surface area (Å²) in [6.45, 7) is 9.91. The minimum Gasteiger partial charge on any atom is -0.496 e. The van der Waals surface area contributed by atoms with E-state index in [1.807, 2.05) is 18.2 Å². The van der Waals surface area contributed by atoms with Crippen molar-refractivity contribution in [3.63, 3.8) is 0 Å². The number of amides is 3. The van der Waals surface area contributed by atoms with Crippen LogP contribution in [0, 0.1) is 0 Å². The van der Waals surface area contributed by atoms with Crippen LogP contribution in [0.5, 0.6) is 5.75 Å². The molecule has 2 aromatic rings. The number of anilines is 1. The van der Waals surface area contributed by atoms with Crippen molar-refractivity contribution in [2.24, 2.45) is 0 Å². The Labute approximate surface area is 200 Å². The summed E-state index contributed by atoms with van der Waals surface area (Å²) >= 11 is 6.22. The van der Waals surface area contributed by atoms with Crippen LogP contribution in [-0.4, -0.2) is 36.0 Å². The highest BCUT2D eigenvalue weighted by molar-refractivity contribution is 6.31. The monoisotopic (exact) mass is 467 g/mol. The van der Waals surface area contributed by atoms with E-state index in [2.05, 4.69) is 44.0 Å². The van der Waals surface area contributed by atoms with Crippen LogP contribution in [0.3, 0.4) is 0 Å². The average Bonchev–Trinajstić information content (AvgIpc) is 3.02. The van der Waals surface area contributed by atoms with Gasteiger partial charge in [-0.1, -0.05) is 36.7 Å². The molecule has 2 aromatic carbocycles. The molecule has 33 heavy (non-hydrogen) atoms. The van der Waals surface area contributed by atoms with Crippen LogP contribution in [0.1, 0.15) is 56.7 Å². The number of methoxy groups -OCH3 is 1. The maximum absolute atomic E-state index is 13.1. The molecular formula is C26H30ClN3O3. The molecule has 1 N–H and O–H groups in total. The minimum absolute atomic E-state index is 0.0424. The number of carbonyl (C=O) groups excluding carboxylic acids is 2. The van der Waals surface area contributed by atoms with Gasteiger partial charge in [0.25, 0.3) is 5.91 Å². The summed E-state index contributed by atoms with van der Waals surface area (Å²) < 4.78 is 5.69. The van der Waals surface area contributed by atoms with E-state index in [4.69, 9.17) is 16.3 Å². The lowest BCUT2D eigenvalue weighted by molar-refractivity contribution is -0.123. The van der Waals surface area contributed by atoms with Gasteiger partial charge in [0, 0.05) is 34.4 Å². The Morgan fingerprint density at radius 3 is 2.64 bits per heavy atom. The van der Waals surface area contributed by atoms with Gasteiger partial charge in [0.05, 0.1) is 13.7 Å². The van der Waals surface area contributed by atoms with Crippen molar-refractivity contribution in [2.75, 3.05) is 18.6 Å². The van der Waals surface area contributed by atoms with Gasteiger partial charge < -0.3 is 15.0 Å². The van der Waals surface area contributed by atoms with Crippen molar-refractivity contribution in [3.8, 4) is 5.75 Å². The van der Waals surface area contributed by atoms with Gasteiger partial charge in [-0.25, -0.2) is 4.79 Å². The third-order valence-electron chi connectivity index (χ3n) is 6.60. The molecular weight excluding hydrogens is 438 g/mol. The lowest BCUT2D eigenvalue weighted by Gasteiger charge is -2.47. The number of benzene rings is 2. The Bertz CT molecular complexity index is 1140. The zero-order valence-corrected chi connectivity index (χ0v) is 20.5. The van der Waals surface area contributed by atoms with Gasteiger partial charge in [-0.15, -0.1) is 0 Å². The molecule has 0 spiro atoms. The Balaban J connectivity index is 1.69. The molecule has 3 amide bonds. The molecule has 2 aliphatic heterocycles. The van der Waals surface area contributed by atoms with Crippen LogP contribution in [0.4, 0.5) is 10.5 Å². The number of ether oxygens (including phenoxy) is 1. The quantitative estimate of drug-likeness (QED) is 0.462. The zero-order valence-electron chi connectivity index (χ0n) is 19.7. The fraction of sp³-hybridized carbons (Fsp3) is 0.385. The summed E-state index contributed by atoms with van der Waals surface area (Å²) in [5.41, 5.74) is 4.12. The van der Waals surface area contributed by atoms with Crippen molar-refractivity contribution < 1.29 is 14.3 Å². The molecule has 0 aliphatic carbocycles. The number of halogens is 1. The maximum Gasteiger partial charge on any atom is 0.329 e. The summed E-state index contributed by atoms with van der Waals surface area (Å²) in [7, 11) is 1.62. The number of carbonyl (C=O) groups is 2. The number of urea groups is 1. The van der Waals surface area contributed by atoms with Gasteiger partial charge in [-0.2, -0.15) is 0 Å². The van der Waals surface area contributed by atoms with Crippen molar-refractivity contribution in [1.82, 2.24) is 10.2 Å². The highest BCUT2D eigenvalue weighted by Gasteiger charge is 2.37. The second-order valence-corrected chi connectivity index (χ2v) is 9.69. The molecule has 1 fully saturated rings. The molecule has 0 radical (unpaired) electrons. The van der Waals surface area contributed by atoms with E-state index in [-0.39, 0.29) is 23.7 Å². The van der Waals surface area contributed by atoms with E-state index >= 15 is 0 Å². The first-order chi connectivity index (χ1) is 15.7. The molecule has 174 valence electrons. The highest BCUT2D eigenvalue weighted by atomic mass is 35.5. The van der Waals surface area contributed by atoms with Crippen molar-refractivity contribution in [1.29, 1.82) is 0 Å². The Morgan fingerprint density at radius 2 is 1.97 bits per heavy atom. The van der Waals surface area contributed by atoms with Gasteiger partial charge in [0.1, 0.15) is 11.4 Å². The zero-order chi connectivity index (χ0) is 23.9. The van der Waals surface area contributed by atoms with Crippen LogP contribution in [-0.2, 0) is 11.3 Å². The van der Waals surface area contributed by atoms with Crippen LogP contribution in [0.25, 0.3) is 6.08 Å². The first kappa shape index (κ1) is 23.2. The van der Waals surface area contributed by atoms with Crippen molar-refractivity contribution >= 4 is 35.3 Å². The smallest absolute Gasteiger partial charge is 0.329 e. The standard InChI is InChI=1S/C26H30ClN3O3/c1-6-30-22-13-23(33-5)18(11-19(22)16(2)14-26(30,3)4)12-21-24(31)29(25(32)28-21)15-17-9-7-8-10-20(17)27/h7-13,16H,6,14-15H2,1-5H3,(H,28,32)/b21-12+. The third-order valence-corrected chi connectivity index (χ3v) is 6.97. The van der Waals surface area contributed by atoms with E-state index in [0.717, 1.165) is 24.2 Å². The Kier molecular flexibility index (Phi) is 6.14. The SMILES string of the molecule is CCN1c2cc(OC)c(/C=C3/NC(=O)N(Cc4ccccc4Cl)C3=O)cc2C(C)CC1(C)C. The Hall–Kier alpha value is -2.99. The molecule has 2 heterocycles. The molecule has 0 bridgehead atoms. The number of imide groups is 1. The number of hydrogen-bond donors (Lipinski definition) is 1. The van der Waals surface area contributed by atoms with Gasteiger partial charge in [-0.05, 0) is 62.4 Å². The molecule has 1 unspecified atom stereocenters. The topological polar surface area (TPSA) is 61.9 Å². The van der Waals surface area contributed by atoms with E-state index in [9.17, 15) is 9.59 Å². The first-order valence-corrected chi connectivity index (χ1v) is 11.6. The molecule has 2 aliphatic rings.